The van der Waals surface area contributed by atoms with E-state index < -0.39 is 0 Å². The second kappa shape index (κ2) is 4.60. The smallest absolute Gasteiger partial charge is 0.213 e. The molecule has 0 bridgehead atoms. The summed E-state index contributed by atoms with van der Waals surface area (Å²) in [5.41, 5.74) is 4.71. The van der Waals surface area contributed by atoms with E-state index in [1.807, 2.05) is 0 Å². The molecular formula is C20H23N3. The lowest BCUT2D eigenvalue weighted by Crippen LogP contribution is -2.06. The molecule has 0 spiro atoms. The van der Waals surface area contributed by atoms with Crippen LogP contribution < -0.4 is 0 Å². The highest BCUT2D eigenvalue weighted by molar-refractivity contribution is 5.73. The fourth-order valence-electron chi connectivity index (χ4n) is 3.15. The zero-order chi connectivity index (χ0) is 16.2. The maximum Gasteiger partial charge on any atom is 0.213 e. The molecule has 0 fully saturated rings. The number of hydrogen-bond acceptors (Lipinski definition) is 1. The molecule has 118 valence electrons. The van der Waals surface area contributed by atoms with E-state index in [0.29, 0.717) is 0 Å². The Morgan fingerprint density at radius 3 is 2.52 bits per heavy atom. The van der Waals surface area contributed by atoms with Crippen LogP contribution >= 0.6 is 0 Å². The van der Waals surface area contributed by atoms with Gasteiger partial charge in [0.25, 0.3) is 0 Å². The third-order valence-electron chi connectivity index (χ3n) is 4.67. The maximum atomic E-state index is 4.78. The van der Waals surface area contributed by atoms with Crippen molar-refractivity contribution in [1.82, 2.24) is 14.4 Å². The summed E-state index contributed by atoms with van der Waals surface area (Å²) in [4.78, 5) is 8.24. The number of hydrogen-bond donors (Lipinski definition) is 1. The van der Waals surface area contributed by atoms with Crippen LogP contribution in [-0.2, 0) is 0 Å². The number of nitrogens with one attached hydrogen (secondary N) is 1. The molecule has 0 atom stereocenters. The topological polar surface area (TPSA) is 33.1 Å². The van der Waals surface area contributed by atoms with Gasteiger partial charge in [0.05, 0.1) is 22.8 Å². The minimum atomic E-state index is 0.0586. The van der Waals surface area contributed by atoms with Crippen LogP contribution in [0.4, 0.5) is 0 Å². The molecule has 0 aliphatic heterocycles. The van der Waals surface area contributed by atoms with Gasteiger partial charge in [-0.15, -0.1) is 0 Å². The molecule has 0 radical (unpaired) electrons. The van der Waals surface area contributed by atoms with Crippen LogP contribution in [0.1, 0.15) is 56.9 Å². The van der Waals surface area contributed by atoms with Crippen molar-refractivity contribution in [3.63, 3.8) is 0 Å². The molecule has 3 heteroatoms. The van der Waals surface area contributed by atoms with Crippen LogP contribution in [0.3, 0.4) is 0 Å². The molecule has 2 heterocycles. The fourth-order valence-corrected chi connectivity index (χ4v) is 3.15. The van der Waals surface area contributed by atoms with E-state index in [2.05, 4.69) is 85.7 Å². The van der Waals surface area contributed by atoms with Gasteiger partial charge in [-0.05, 0) is 36.1 Å². The van der Waals surface area contributed by atoms with E-state index in [0.717, 1.165) is 29.3 Å². The van der Waals surface area contributed by atoms with Crippen molar-refractivity contribution in [2.24, 2.45) is 10.8 Å². The van der Waals surface area contributed by atoms with E-state index in [-0.39, 0.29) is 10.8 Å². The van der Waals surface area contributed by atoms with Gasteiger partial charge < -0.3 is 4.98 Å². The first-order chi connectivity index (χ1) is 10.8. The first kappa shape index (κ1) is 14.3. The summed E-state index contributed by atoms with van der Waals surface area (Å²) in [6.45, 7) is 8.95. The molecule has 23 heavy (non-hydrogen) atoms. The molecule has 2 aromatic rings. The van der Waals surface area contributed by atoms with Crippen molar-refractivity contribution in [3.05, 3.63) is 47.1 Å². The summed E-state index contributed by atoms with van der Waals surface area (Å²) in [6, 6.07) is 0. The van der Waals surface area contributed by atoms with Crippen molar-refractivity contribution in [2.45, 2.75) is 34.1 Å². The second-order valence-corrected chi connectivity index (χ2v) is 7.88. The van der Waals surface area contributed by atoms with Crippen LogP contribution in [0, 0.1) is 10.8 Å². The minimum Gasteiger partial charge on any atom is -0.323 e. The zero-order valence-electron chi connectivity index (χ0n) is 14.2. The number of nitrogens with zero attached hydrogens (tertiary/aromatic N) is 2. The van der Waals surface area contributed by atoms with Crippen LogP contribution in [0.15, 0.2) is 24.3 Å². The Morgan fingerprint density at radius 2 is 1.70 bits per heavy atom. The molecule has 0 saturated heterocycles. The molecule has 0 aromatic carbocycles. The number of rotatable bonds is 0. The first-order valence-corrected chi connectivity index (χ1v) is 8.23. The first-order valence-electron chi connectivity index (χ1n) is 8.23. The van der Waals surface area contributed by atoms with Gasteiger partial charge in [0, 0.05) is 5.41 Å². The molecule has 3 nitrogen and oxygen atoms in total. The van der Waals surface area contributed by atoms with Crippen LogP contribution in [-0.4, -0.2) is 14.4 Å². The van der Waals surface area contributed by atoms with Gasteiger partial charge in [-0.3, -0.25) is 4.40 Å². The fraction of sp³-hybridized carbons (Fsp3) is 0.350. The molecule has 0 saturated carbocycles. The number of fused-ring (bicyclic) bond motifs is 5. The SMILES string of the molecule is CC1(C)C=Cc2nc3[nH]c4c(n3c2C=C1)/C=C\C(C)(C)CC=C4. The molecule has 4 rings (SSSR count). The van der Waals surface area contributed by atoms with Gasteiger partial charge >= 0.3 is 0 Å². The zero-order valence-corrected chi connectivity index (χ0v) is 14.2. The monoisotopic (exact) mass is 305 g/mol. The molecule has 0 amide bonds. The standard InChI is InChI=1S/C20H23N3/c1-19(2)10-5-6-14-16(8-12-19)23-17-9-13-20(3,4)11-7-15(17)22-18(23)21-14/h5-9,11-13H,10H2,1-4H3,(H,21,22)/b6-5?,12-8-. The lowest BCUT2D eigenvalue weighted by molar-refractivity contribution is 0.491. The predicted octanol–water partition coefficient (Wildman–Crippen LogP) is 5.18. The number of aromatic nitrogens is 3. The molecule has 2 aromatic heterocycles. The Labute approximate surface area is 137 Å². The highest BCUT2D eigenvalue weighted by Crippen LogP contribution is 2.32. The number of aromatic amines is 1. The van der Waals surface area contributed by atoms with Crippen molar-refractivity contribution in [1.29, 1.82) is 0 Å². The normalized spacial score (nSPS) is 22.3. The molecule has 2 aliphatic rings. The van der Waals surface area contributed by atoms with Crippen molar-refractivity contribution >= 4 is 30.1 Å². The molecule has 1 N–H and O–H groups in total. The largest absolute Gasteiger partial charge is 0.323 e. The van der Waals surface area contributed by atoms with E-state index in [1.54, 1.807) is 0 Å². The summed E-state index contributed by atoms with van der Waals surface area (Å²) in [5.74, 6) is 0.906. The minimum absolute atomic E-state index is 0.0586. The van der Waals surface area contributed by atoms with Crippen molar-refractivity contribution in [2.75, 3.05) is 0 Å². The van der Waals surface area contributed by atoms with Gasteiger partial charge in [-0.1, -0.05) is 52.0 Å². The van der Waals surface area contributed by atoms with Crippen molar-refractivity contribution in [3.8, 4) is 0 Å². The predicted molar refractivity (Wildman–Crippen MR) is 97.9 cm³/mol. The highest BCUT2D eigenvalue weighted by Gasteiger charge is 2.21. The van der Waals surface area contributed by atoms with Crippen LogP contribution in [0.5, 0.6) is 0 Å². The second-order valence-electron chi connectivity index (χ2n) is 7.88. The third kappa shape index (κ3) is 2.40. The average molecular weight is 305 g/mol. The van der Waals surface area contributed by atoms with Gasteiger partial charge in [0.1, 0.15) is 0 Å². The quantitative estimate of drug-likeness (QED) is 0.714. The lowest BCUT2D eigenvalue weighted by Gasteiger charge is -2.19. The summed E-state index contributed by atoms with van der Waals surface area (Å²) in [5, 5.41) is 0. The molecule has 0 unspecified atom stereocenters. The third-order valence-corrected chi connectivity index (χ3v) is 4.67. The molecule has 2 aliphatic carbocycles. The summed E-state index contributed by atoms with van der Waals surface area (Å²) in [7, 11) is 0. The highest BCUT2D eigenvalue weighted by atomic mass is 15.1. The summed E-state index contributed by atoms with van der Waals surface area (Å²) in [6.07, 6.45) is 18.8. The average Bonchev–Trinajstić information content (AvgIpc) is 2.90. The van der Waals surface area contributed by atoms with Gasteiger partial charge in [0.15, 0.2) is 0 Å². The Kier molecular flexibility index (Phi) is 2.87. The Bertz CT molecular complexity index is 895. The van der Waals surface area contributed by atoms with Gasteiger partial charge in [0.2, 0.25) is 5.78 Å². The van der Waals surface area contributed by atoms with Crippen molar-refractivity contribution < 1.29 is 0 Å². The summed E-state index contributed by atoms with van der Waals surface area (Å²) >= 11 is 0. The van der Waals surface area contributed by atoms with Gasteiger partial charge in [-0.2, -0.15) is 0 Å². The number of H-pyrrole nitrogens is 1. The maximum absolute atomic E-state index is 4.78. The van der Waals surface area contributed by atoms with Crippen LogP contribution in [0.2, 0.25) is 0 Å². The van der Waals surface area contributed by atoms with E-state index in [1.165, 1.54) is 5.69 Å². The Hall–Kier alpha value is -2.29. The lowest BCUT2D eigenvalue weighted by atomic mass is 9.87. The Morgan fingerprint density at radius 1 is 0.957 bits per heavy atom. The summed E-state index contributed by atoms with van der Waals surface area (Å²) < 4.78 is 2.23. The number of imidazole rings is 2. The van der Waals surface area contributed by atoms with E-state index in [9.17, 15) is 0 Å². The van der Waals surface area contributed by atoms with Crippen LogP contribution in [0.25, 0.3) is 30.1 Å². The Balaban J connectivity index is 1.97. The molecular weight excluding hydrogens is 282 g/mol. The van der Waals surface area contributed by atoms with E-state index >= 15 is 0 Å². The van der Waals surface area contributed by atoms with E-state index in [4.69, 9.17) is 4.98 Å². The number of allylic oxidation sites excluding steroid dienone is 4. The van der Waals surface area contributed by atoms with Gasteiger partial charge in [-0.25, -0.2) is 4.98 Å².